The molecule has 1 aromatic heterocycles. The maximum atomic E-state index is 5.99. The van der Waals surface area contributed by atoms with Crippen molar-refractivity contribution in [2.45, 2.75) is 44.9 Å². The summed E-state index contributed by atoms with van der Waals surface area (Å²) in [7, 11) is 0. The van der Waals surface area contributed by atoms with Crippen molar-refractivity contribution in [1.82, 2.24) is 9.97 Å². The van der Waals surface area contributed by atoms with Crippen molar-refractivity contribution in [3.63, 3.8) is 0 Å². The predicted octanol–water partition coefficient (Wildman–Crippen LogP) is 1.18. The first kappa shape index (κ1) is 14.0. The Morgan fingerprint density at radius 2 is 2.26 bits per heavy atom. The second kappa shape index (κ2) is 6.68. The van der Waals surface area contributed by atoms with Crippen LogP contribution in [0.15, 0.2) is 12.4 Å². The van der Waals surface area contributed by atoms with E-state index in [0.717, 1.165) is 18.7 Å². The summed E-state index contributed by atoms with van der Waals surface area (Å²) in [6, 6.07) is 2.00. The molecule has 1 fully saturated rings. The molecule has 106 valence electrons. The van der Waals surface area contributed by atoms with Gasteiger partial charge >= 0.3 is 0 Å². The van der Waals surface area contributed by atoms with Gasteiger partial charge in [0.25, 0.3) is 0 Å². The second-order valence-corrected chi connectivity index (χ2v) is 4.65. The molecule has 19 heavy (non-hydrogen) atoms. The summed E-state index contributed by atoms with van der Waals surface area (Å²) in [4.78, 5) is 8.25. The molecule has 1 aliphatic carbocycles. The first-order chi connectivity index (χ1) is 9.24. The number of nitrogens with one attached hydrogen (secondary N) is 1. The van der Waals surface area contributed by atoms with Crippen molar-refractivity contribution in [2.24, 2.45) is 5.73 Å². The Morgan fingerprint density at radius 1 is 1.42 bits per heavy atom. The van der Waals surface area contributed by atoms with Gasteiger partial charge in [-0.05, 0) is 19.8 Å². The predicted molar refractivity (Wildman–Crippen MR) is 73.2 cm³/mol. The van der Waals surface area contributed by atoms with Gasteiger partial charge in [0.2, 0.25) is 5.88 Å². The minimum atomic E-state index is 0.103. The van der Waals surface area contributed by atoms with Gasteiger partial charge in [0.05, 0.1) is 18.8 Å². The van der Waals surface area contributed by atoms with Crippen molar-refractivity contribution in [3.8, 4) is 5.88 Å². The summed E-state index contributed by atoms with van der Waals surface area (Å²) in [6.45, 7) is 5.40. The summed E-state index contributed by atoms with van der Waals surface area (Å²) in [5.41, 5.74) is 5.99. The Morgan fingerprint density at radius 3 is 2.95 bits per heavy atom. The molecule has 1 saturated carbocycles. The van der Waals surface area contributed by atoms with E-state index in [4.69, 9.17) is 15.2 Å². The van der Waals surface area contributed by atoms with Crippen LogP contribution in [-0.4, -0.2) is 41.4 Å². The SMILES string of the molecule is CCCOc1cc(NC2C(N)CC2OCC)ncn1. The molecule has 0 aliphatic heterocycles. The Balaban J connectivity index is 1.94. The third-order valence-electron chi connectivity index (χ3n) is 3.16. The number of hydrogen-bond acceptors (Lipinski definition) is 6. The zero-order valence-corrected chi connectivity index (χ0v) is 11.5. The van der Waals surface area contributed by atoms with E-state index < -0.39 is 0 Å². The summed E-state index contributed by atoms with van der Waals surface area (Å²) >= 11 is 0. The molecule has 0 saturated heterocycles. The molecule has 0 spiro atoms. The van der Waals surface area contributed by atoms with Gasteiger partial charge in [-0.25, -0.2) is 9.97 Å². The number of ether oxygens (including phenoxy) is 2. The van der Waals surface area contributed by atoms with Gasteiger partial charge in [0.15, 0.2) is 0 Å². The van der Waals surface area contributed by atoms with Gasteiger partial charge in [-0.15, -0.1) is 0 Å². The highest BCUT2D eigenvalue weighted by Crippen LogP contribution is 2.26. The molecule has 0 radical (unpaired) electrons. The molecule has 0 bridgehead atoms. The van der Waals surface area contributed by atoms with Crippen LogP contribution in [0.25, 0.3) is 0 Å². The molecule has 3 atom stereocenters. The van der Waals surface area contributed by atoms with Crippen LogP contribution in [0.2, 0.25) is 0 Å². The first-order valence-corrected chi connectivity index (χ1v) is 6.83. The molecule has 1 heterocycles. The number of rotatable bonds is 7. The monoisotopic (exact) mass is 266 g/mol. The van der Waals surface area contributed by atoms with Crippen LogP contribution in [0.5, 0.6) is 5.88 Å². The molecule has 0 aromatic carbocycles. The maximum absolute atomic E-state index is 5.99. The average Bonchev–Trinajstić information content (AvgIpc) is 2.43. The smallest absolute Gasteiger partial charge is 0.218 e. The molecule has 2 rings (SSSR count). The fraction of sp³-hybridized carbons (Fsp3) is 0.692. The van der Waals surface area contributed by atoms with Crippen LogP contribution in [-0.2, 0) is 4.74 Å². The Hall–Kier alpha value is -1.40. The summed E-state index contributed by atoms with van der Waals surface area (Å²) < 4.78 is 11.1. The van der Waals surface area contributed by atoms with Gasteiger partial charge in [0.1, 0.15) is 12.1 Å². The van der Waals surface area contributed by atoms with Crippen molar-refractivity contribution in [1.29, 1.82) is 0 Å². The lowest BCUT2D eigenvalue weighted by Gasteiger charge is -2.42. The van der Waals surface area contributed by atoms with E-state index in [1.54, 1.807) is 6.07 Å². The highest BCUT2D eigenvalue weighted by Gasteiger charge is 2.39. The fourth-order valence-electron chi connectivity index (χ4n) is 2.10. The largest absolute Gasteiger partial charge is 0.478 e. The molecule has 6 heteroatoms. The number of nitrogens with two attached hydrogens (primary N) is 1. The van der Waals surface area contributed by atoms with Gasteiger partial charge < -0.3 is 20.5 Å². The number of hydrogen-bond donors (Lipinski definition) is 2. The van der Waals surface area contributed by atoms with Crippen molar-refractivity contribution >= 4 is 5.82 Å². The topological polar surface area (TPSA) is 82.3 Å². The highest BCUT2D eigenvalue weighted by molar-refractivity contribution is 5.40. The molecular weight excluding hydrogens is 244 g/mol. The summed E-state index contributed by atoms with van der Waals surface area (Å²) in [5, 5.41) is 3.30. The zero-order valence-electron chi connectivity index (χ0n) is 11.5. The van der Waals surface area contributed by atoms with E-state index in [1.165, 1.54) is 6.33 Å². The number of aromatic nitrogens is 2. The molecule has 6 nitrogen and oxygen atoms in total. The van der Waals surface area contributed by atoms with Gasteiger partial charge in [-0.1, -0.05) is 6.92 Å². The van der Waals surface area contributed by atoms with Gasteiger partial charge in [0, 0.05) is 18.7 Å². The summed E-state index contributed by atoms with van der Waals surface area (Å²) in [6.07, 6.45) is 3.49. The first-order valence-electron chi connectivity index (χ1n) is 6.83. The van der Waals surface area contributed by atoms with Crippen LogP contribution in [0.1, 0.15) is 26.7 Å². The average molecular weight is 266 g/mol. The normalized spacial score (nSPS) is 25.7. The van der Waals surface area contributed by atoms with Gasteiger partial charge in [-0.3, -0.25) is 0 Å². The van der Waals surface area contributed by atoms with Crippen LogP contribution in [0, 0.1) is 0 Å². The molecule has 0 amide bonds. The third kappa shape index (κ3) is 3.54. The van der Waals surface area contributed by atoms with Crippen LogP contribution in [0.3, 0.4) is 0 Å². The quantitative estimate of drug-likeness (QED) is 0.771. The van der Waals surface area contributed by atoms with E-state index in [1.807, 2.05) is 6.92 Å². The molecule has 1 aromatic rings. The molecule has 3 N–H and O–H groups in total. The van der Waals surface area contributed by atoms with Gasteiger partial charge in [-0.2, -0.15) is 0 Å². The van der Waals surface area contributed by atoms with Crippen molar-refractivity contribution < 1.29 is 9.47 Å². The fourth-order valence-corrected chi connectivity index (χ4v) is 2.10. The zero-order chi connectivity index (χ0) is 13.7. The highest BCUT2D eigenvalue weighted by atomic mass is 16.5. The maximum Gasteiger partial charge on any atom is 0.218 e. The molecule has 3 unspecified atom stereocenters. The Kier molecular flexibility index (Phi) is 4.93. The minimum absolute atomic E-state index is 0.103. The number of anilines is 1. The van der Waals surface area contributed by atoms with E-state index >= 15 is 0 Å². The summed E-state index contributed by atoms with van der Waals surface area (Å²) in [5.74, 6) is 1.31. The standard InChI is InChI=1S/C13H22N4O2/c1-3-5-19-12-7-11(15-8-16-12)17-13-9(14)6-10(13)18-4-2/h7-10,13H,3-6,14H2,1-2H3,(H,15,16,17). The van der Waals surface area contributed by atoms with E-state index in [0.29, 0.717) is 19.1 Å². The van der Waals surface area contributed by atoms with E-state index in [-0.39, 0.29) is 18.2 Å². The lowest BCUT2D eigenvalue weighted by molar-refractivity contribution is -0.0127. The van der Waals surface area contributed by atoms with Crippen molar-refractivity contribution in [3.05, 3.63) is 12.4 Å². The van der Waals surface area contributed by atoms with Crippen molar-refractivity contribution in [2.75, 3.05) is 18.5 Å². The molecule has 1 aliphatic rings. The van der Waals surface area contributed by atoms with E-state index in [2.05, 4.69) is 22.2 Å². The van der Waals surface area contributed by atoms with Crippen LogP contribution >= 0.6 is 0 Å². The lowest BCUT2D eigenvalue weighted by atomic mass is 9.83. The van der Waals surface area contributed by atoms with Crippen LogP contribution < -0.4 is 15.8 Å². The van der Waals surface area contributed by atoms with E-state index in [9.17, 15) is 0 Å². The lowest BCUT2D eigenvalue weighted by Crippen LogP contribution is -2.60. The Labute approximate surface area is 113 Å². The number of nitrogens with zero attached hydrogens (tertiary/aromatic N) is 2. The van der Waals surface area contributed by atoms with Crippen LogP contribution in [0.4, 0.5) is 5.82 Å². The Bertz CT molecular complexity index is 400. The second-order valence-electron chi connectivity index (χ2n) is 4.65. The third-order valence-corrected chi connectivity index (χ3v) is 3.16. The molecular formula is C13H22N4O2. The minimum Gasteiger partial charge on any atom is -0.478 e.